The maximum absolute atomic E-state index is 12.2. The molecule has 1 heterocycles. The van der Waals surface area contributed by atoms with E-state index in [4.69, 9.17) is 0 Å². The summed E-state index contributed by atoms with van der Waals surface area (Å²) in [5.41, 5.74) is -0.269. The van der Waals surface area contributed by atoms with Gasteiger partial charge in [-0.1, -0.05) is 19.9 Å². The topological polar surface area (TPSA) is 38.1 Å². The highest BCUT2D eigenvalue weighted by Crippen LogP contribution is 2.16. The summed E-state index contributed by atoms with van der Waals surface area (Å²) in [6, 6.07) is 1.60. The number of aromatic nitrogens is 2. The maximum atomic E-state index is 12.2. The highest BCUT2D eigenvalue weighted by atomic mass is 16.2. The van der Waals surface area contributed by atoms with Gasteiger partial charge in [0.25, 0.3) is 0 Å². The van der Waals surface area contributed by atoms with E-state index in [1.165, 1.54) is 4.68 Å². The van der Waals surface area contributed by atoms with Crippen LogP contribution in [-0.2, 0) is 0 Å². The SMILES string of the molecule is CC(C)/C=C/N(C(=O)n1cccn1)C(C)(C)C. The van der Waals surface area contributed by atoms with Gasteiger partial charge in [-0.2, -0.15) is 9.78 Å². The zero-order valence-corrected chi connectivity index (χ0v) is 11.2. The van der Waals surface area contributed by atoms with Crippen LogP contribution >= 0.6 is 0 Å². The predicted octanol–water partition coefficient (Wildman–Crippen LogP) is 3.12. The van der Waals surface area contributed by atoms with Crippen molar-refractivity contribution in [3.8, 4) is 0 Å². The molecule has 0 aliphatic carbocycles. The van der Waals surface area contributed by atoms with E-state index in [2.05, 4.69) is 18.9 Å². The first kappa shape index (κ1) is 13.5. The molecule has 0 radical (unpaired) electrons. The fraction of sp³-hybridized carbons (Fsp3) is 0.538. The lowest BCUT2D eigenvalue weighted by Crippen LogP contribution is -2.44. The average Bonchev–Trinajstić information content (AvgIpc) is 2.67. The lowest BCUT2D eigenvalue weighted by Gasteiger charge is -2.32. The largest absolute Gasteiger partial charge is 0.349 e. The third-order valence-electron chi connectivity index (χ3n) is 2.25. The average molecular weight is 235 g/mol. The number of allylic oxidation sites excluding steroid dienone is 1. The minimum Gasteiger partial charge on any atom is -0.294 e. The van der Waals surface area contributed by atoms with E-state index in [9.17, 15) is 4.79 Å². The molecule has 17 heavy (non-hydrogen) atoms. The molecule has 0 fully saturated rings. The second-order valence-electron chi connectivity index (χ2n) is 5.36. The van der Waals surface area contributed by atoms with Crippen LogP contribution in [0.4, 0.5) is 4.79 Å². The van der Waals surface area contributed by atoms with Crippen molar-refractivity contribution in [3.05, 3.63) is 30.7 Å². The first-order valence-electron chi connectivity index (χ1n) is 5.84. The van der Waals surface area contributed by atoms with Crippen LogP contribution in [0.5, 0.6) is 0 Å². The van der Waals surface area contributed by atoms with Crippen LogP contribution in [0.3, 0.4) is 0 Å². The monoisotopic (exact) mass is 235 g/mol. The van der Waals surface area contributed by atoms with E-state index in [1.807, 2.05) is 33.0 Å². The van der Waals surface area contributed by atoms with Crippen LogP contribution in [0.2, 0.25) is 0 Å². The van der Waals surface area contributed by atoms with Gasteiger partial charge in [0.15, 0.2) is 0 Å². The van der Waals surface area contributed by atoms with Crippen LogP contribution in [0.25, 0.3) is 0 Å². The third-order valence-corrected chi connectivity index (χ3v) is 2.25. The lowest BCUT2D eigenvalue weighted by molar-refractivity contribution is 0.177. The second-order valence-corrected chi connectivity index (χ2v) is 5.36. The highest BCUT2D eigenvalue weighted by Gasteiger charge is 2.25. The molecule has 0 unspecified atom stereocenters. The third kappa shape index (κ3) is 3.73. The first-order valence-corrected chi connectivity index (χ1v) is 5.84. The number of rotatable bonds is 2. The quantitative estimate of drug-likeness (QED) is 0.790. The Hall–Kier alpha value is -1.58. The van der Waals surface area contributed by atoms with Crippen molar-refractivity contribution < 1.29 is 4.79 Å². The van der Waals surface area contributed by atoms with Crippen molar-refractivity contribution in [1.82, 2.24) is 14.7 Å². The fourth-order valence-corrected chi connectivity index (χ4v) is 1.32. The number of carbonyl (C=O) groups is 1. The van der Waals surface area contributed by atoms with Gasteiger partial charge < -0.3 is 0 Å². The molecule has 0 aromatic carbocycles. The Morgan fingerprint density at radius 1 is 1.41 bits per heavy atom. The van der Waals surface area contributed by atoms with Crippen LogP contribution in [0.1, 0.15) is 34.6 Å². The number of hydrogen-bond donors (Lipinski definition) is 0. The molecule has 0 atom stereocenters. The highest BCUT2D eigenvalue weighted by molar-refractivity contribution is 5.77. The van der Waals surface area contributed by atoms with Gasteiger partial charge in [0.2, 0.25) is 0 Å². The number of carbonyl (C=O) groups excluding carboxylic acids is 1. The molecule has 0 saturated heterocycles. The van der Waals surface area contributed by atoms with Gasteiger partial charge in [-0.15, -0.1) is 0 Å². The van der Waals surface area contributed by atoms with Crippen molar-refractivity contribution in [2.24, 2.45) is 5.92 Å². The molecule has 4 nitrogen and oxygen atoms in total. The Morgan fingerprint density at radius 2 is 2.06 bits per heavy atom. The summed E-state index contributed by atoms with van der Waals surface area (Å²) in [6.45, 7) is 10.2. The van der Waals surface area contributed by atoms with Crippen LogP contribution < -0.4 is 0 Å². The van der Waals surface area contributed by atoms with Crippen LogP contribution in [-0.4, -0.2) is 26.3 Å². The summed E-state index contributed by atoms with van der Waals surface area (Å²) in [5.74, 6) is 0.408. The smallest absolute Gasteiger partial charge is 0.294 e. The van der Waals surface area contributed by atoms with E-state index in [0.717, 1.165) is 0 Å². The molecule has 1 rings (SSSR count). The van der Waals surface area contributed by atoms with Crippen molar-refractivity contribution >= 4 is 6.03 Å². The van der Waals surface area contributed by atoms with Gasteiger partial charge in [0.05, 0.1) is 0 Å². The molecular weight excluding hydrogens is 214 g/mol. The van der Waals surface area contributed by atoms with Gasteiger partial charge in [0.1, 0.15) is 0 Å². The fourth-order valence-electron chi connectivity index (χ4n) is 1.32. The van der Waals surface area contributed by atoms with Crippen molar-refractivity contribution in [3.63, 3.8) is 0 Å². The number of nitrogens with zero attached hydrogens (tertiary/aromatic N) is 3. The maximum Gasteiger partial charge on any atom is 0.349 e. The standard InChI is InChI=1S/C13H21N3O/c1-11(2)7-10-15(13(3,4)5)12(17)16-9-6-8-14-16/h6-11H,1-5H3/b10-7+. The summed E-state index contributed by atoms with van der Waals surface area (Å²) in [6.07, 6.45) is 7.11. The van der Waals surface area contributed by atoms with Gasteiger partial charge in [-0.05, 0) is 32.8 Å². The normalized spacial score (nSPS) is 12.4. The lowest BCUT2D eigenvalue weighted by atomic mass is 10.1. The molecule has 0 N–H and O–H groups in total. The van der Waals surface area contributed by atoms with Crippen molar-refractivity contribution in [2.45, 2.75) is 40.2 Å². The van der Waals surface area contributed by atoms with Crippen molar-refractivity contribution in [1.29, 1.82) is 0 Å². The molecule has 1 aromatic rings. The Morgan fingerprint density at radius 3 is 2.47 bits per heavy atom. The molecule has 0 aliphatic rings. The van der Waals surface area contributed by atoms with Crippen molar-refractivity contribution in [2.75, 3.05) is 0 Å². The zero-order valence-electron chi connectivity index (χ0n) is 11.2. The molecule has 4 heteroatoms. The predicted molar refractivity (Wildman–Crippen MR) is 68.6 cm³/mol. The van der Waals surface area contributed by atoms with Gasteiger partial charge >= 0.3 is 6.03 Å². The summed E-state index contributed by atoms with van der Waals surface area (Å²) < 4.78 is 1.34. The Bertz CT molecular complexity index is 385. The zero-order chi connectivity index (χ0) is 13.1. The molecule has 0 bridgehead atoms. The summed E-state index contributed by atoms with van der Waals surface area (Å²) in [5, 5.41) is 3.97. The molecule has 0 aliphatic heterocycles. The minimum atomic E-state index is -0.269. The molecule has 94 valence electrons. The summed E-state index contributed by atoms with van der Waals surface area (Å²) in [4.78, 5) is 13.9. The van der Waals surface area contributed by atoms with E-state index in [1.54, 1.807) is 23.4 Å². The van der Waals surface area contributed by atoms with Gasteiger partial charge in [-0.25, -0.2) is 4.79 Å². The molecule has 1 amide bonds. The van der Waals surface area contributed by atoms with Crippen LogP contribution in [0.15, 0.2) is 30.7 Å². The van der Waals surface area contributed by atoms with E-state index in [0.29, 0.717) is 5.92 Å². The first-order chi connectivity index (χ1) is 7.82. The summed E-state index contributed by atoms with van der Waals surface area (Å²) >= 11 is 0. The molecule has 0 saturated carbocycles. The Labute approximate surface area is 103 Å². The molecule has 1 aromatic heterocycles. The molecular formula is C13H21N3O. The minimum absolute atomic E-state index is 0.139. The van der Waals surface area contributed by atoms with Gasteiger partial charge in [0, 0.05) is 24.1 Å². The Balaban J connectivity index is 2.96. The number of amides is 1. The van der Waals surface area contributed by atoms with Crippen LogP contribution in [0, 0.1) is 5.92 Å². The molecule has 0 spiro atoms. The van der Waals surface area contributed by atoms with Gasteiger partial charge in [-0.3, -0.25) is 4.90 Å². The number of hydrogen-bond acceptors (Lipinski definition) is 2. The Kier molecular flexibility index (Phi) is 4.10. The van der Waals surface area contributed by atoms with E-state index < -0.39 is 0 Å². The van der Waals surface area contributed by atoms with E-state index >= 15 is 0 Å². The summed E-state index contributed by atoms with van der Waals surface area (Å²) in [7, 11) is 0. The second kappa shape index (κ2) is 5.17. The van der Waals surface area contributed by atoms with E-state index in [-0.39, 0.29) is 11.6 Å².